The van der Waals surface area contributed by atoms with E-state index in [1.54, 1.807) is 24.3 Å². The minimum Gasteiger partial charge on any atom is -0.381 e. The van der Waals surface area contributed by atoms with Crippen LogP contribution in [0, 0.1) is 0 Å². The number of rotatable bonds is 5. The fraction of sp³-hybridized carbons (Fsp3) is 0.538. The van der Waals surface area contributed by atoms with Crippen LogP contribution in [0.25, 0.3) is 0 Å². The molecule has 0 aromatic heterocycles. The van der Waals surface area contributed by atoms with Crippen LogP contribution in [-0.2, 0) is 14.8 Å². The summed E-state index contributed by atoms with van der Waals surface area (Å²) in [5.74, 6) is 0. The predicted octanol–water partition coefficient (Wildman–Crippen LogP) is 0.515. The first kappa shape index (κ1) is 15.2. The molecule has 0 spiro atoms. The molecule has 1 aliphatic rings. The van der Waals surface area contributed by atoms with E-state index in [0.29, 0.717) is 19.8 Å². The molecule has 1 fully saturated rings. The van der Waals surface area contributed by atoms with Gasteiger partial charge >= 0.3 is 0 Å². The fourth-order valence-corrected chi connectivity index (χ4v) is 3.01. The van der Waals surface area contributed by atoms with E-state index in [0.717, 1.165) is 18.5 Å². The highest BCUT2D eigenvalue weighted by molar-refractivity contribution is 7.89. The molecule has 1 aromatic carbocycles. The first-order chi connectivity index (χ1) is 9.51. The number of anilines is 1. The Bertz CT molecular complexity index is 536. The number of benzene rings is 1. The molecule has 0 atom stereocenters. The van der Waals surface area contributed by atoms with Crippen LogP contribution in [0.4, 0.5) is 5.69 Å². The highest BCUT2D eigenvalue weighted by atomic mass is 32.2. The standard InChI is InChI=1S/C13H21N3O3S/c1-15-20(17,18)12-4-2-11(3-5-12)16-13(10-14)6-8-19-9-7-13/h2-5,15-16H,6-10,14H2,1H3. The number of hydrogen-bond donors (Lipinski definition) is 3. The Morgan fingerprint density at radius 2 is 1.85 bits per heavy atom. The van der Waals surface area contributed by atoms with Crippen LogP contribution in [0.3, 0.4) is 0 Å². The van der Waals surface area contributed by atoms with Crippen molar-refractivity contribution < 1.29 is 13.2 Å². The van der Waals surface area contributed by atoms with Gasteiger partial charge in [-0.25, -0.2) is 13.1 Å². The van der Waals surface area contributed by atoms with Crippen molar-refractivity contribution in [2.45, 2.75) is 23.3 Å². The molecular weight excluding hydrogens is 278 g/mol. The molecule has 0 radical (unpaired) electrons. The Hall–Kier alpha value is -1.15. The summed E-state index contributed by atoms with van der Waals surface area (Å²) in [6.45, 7) is 1.90. The maximum Gasteiger partial charge on any atom is 0.240 e. The summed E-state index contributed by atoms with van der Waals surface area (Å²) in [5.41, 5.74) is 6.59. The van der Waals surface area contributed by atoms with E-state index >= 15 is 0 Å². The number of hydrogen-bond acceptors (Lipinski definition) is 5. The normalized spacial score (nSPS) is 18.7. The lowest BCUT2D eigenvalue weighted by molar-refractivity contribution is 0.0628. The maximum absolute atomic E-state index is 11.7. The number of ether oxygens (including phenoxy) is 1. The lowest BCUT2D eigenvalue weighted by atomic mass is 9.90. The fourth-order valence-electron chi connectivity index (χ4n) is 2.28. The molecule has 4 N–H and O–H groups in total. The van der Waals surface area contributed by atoms with Crippen LogP contribution in [0.1, 0.15) is 12.8 Å². The summed E-state index contributed by atoms with van der Waals surface area (Å²) in [7, 11) is -2.00. The van der Waals surface area contributed by atoms with Crippen molar-refractivity contribution in [2.24, 2.45) is 5.73 Å². The molecule has 7 heteroatoms. The molecule has 1 saturated heterocycles. The van der Waals surface area contributed by atoms with Gasteiger partial charge in [0.05, 0.1) is 10.4 Å². The molecule has 0 unspecified atom stereocenters. The van der Waals surface area contributed by atoms with Crippen LogP contribution >= 0.6 is 0 Å². The van der Waals surface area contributed by atoms with Crippen molar-refractivity contribution in [3.05, 3.63) is 24.3 Å². The van der Waals surface area contributed by atoms with Gasteiger partial charge in [-0.2, -0.15) is 0 Å². The molecule has 2 rings (SSSR count). The highest BCUT2D eigenvalue weighted by Crippen LogP contribution is 2.25. The summed E-state index contributed by atoms with van der Waals surface area (Å²) in [4.78, 5) is 0.249. The molecule has 0 saturated carbocycles. The predicted molar refractivity (Wildman–Crippen MR) is 78.1 cm³/mol. The van der Waals surface area contributed by atoms with Crippen molar-refractivity contribution in [3.63, 3.8) is 0 Å². The summed E-state index contributed by atoms with van der Waals surface area (Å²) in [5, 5.41) is 3.42. The second kappa shape index (κ2) is 6.09. The number of nitrogens with two attached hydrogens (primary N) is 1. The monoisotopic (exact) mass is 299 g/mol. The van der Waals surface area contributed by atoms with Gasteiger partial charge in [-0.3, -0.25) is 0 Å². The van der Waals surface area contributed by atoms with Gasteiger partial charge in [-0.05, 0) is 44.2 Å². The van der Waals surface area contributed by atoms with Crippen LogP contribution in [-0.4, -0.2) is 40.8 Å². The van der Waals surface area contributed by atoms with Gasteiger partial charge in [0.15, 0.2) is 0 Å². The van der Waals surface area contributed by atoms with Gasteiger partial charge in [-0.1, -0.05) is 0 Å². The van der Waals surface area contributed by atoms with E-state index in [-0.39, 0.29) is 10.4 Å². The molecule has 0 aliphatic carbocycles. The van der Waals surface area contributed by atoms with E-state index in [1.807, 2.05) is 0 Å². The number of sulfonamides is 1. The highest BCUT2D eigenvalue weighted by Gasteiger charge is 2.30. The smallest absolute Gasteiger partial charge is 0.240 e. The van der Waals surface area contributed by atoms with Crippen molar-refractivity contribution >= 4 is 15.7 Å². The quantitative estimate of drug-likeness (QED) is 0.737. The summed E-state index contributed by atoms with van der Waals surface area (Å²) in [6, 6.07) is 6.68. The molecule has 1 heterocycles. The Morgan fingerprint density at radius 1 is 1.25 bits per heavy atom. The molecule has 112 valence electrons. The Labute approximate surface area is 119 Å². The second-order valence-corrected chi connectivity index (χ2v) is 6.84. The minimum absolute atomic E-state index is 0.165. The van der Waals surface area contributed by atoms with E-state index in [9.17, 15) is 8.42 Å². The molecule has 0 amide bonds. The zero-order valence-electron chi connectivity index (χ0n) is 11.6. The largest absolute Gasteiger partial charge is 0.381 e. The molecule has 1 aromatic rings. The van der Waals surface area contributed by atoms with Crippen molar-refractivity contribution in [1.29, 1.82) is 0 Å². The van der Waals surface area contributed by atoms with Gasteiger partial charge in [0.25, 0.3) is 0 Å². The van der Waals surface area contributed by atoms with E-state index in [2.05, 4.69) is 10.0 Å². The topological polar surface area (TPSA) is 93.5 Å². The molecule has 1 aliphatic heterocycles. The average molecular weight is 299 g/mol. The lowest BCUT2D eigenvalue weighted by Gasteiger charge is -2.37. The lowest BCUT2D eigenvalue weighted by Crippen LogP contribution is -2.49. The van der Waals surface area contributed by atoms with Crippen LogP contribution in [0.5, 0.6) is 0 Å². The van der Waals surface area contributed by atoms with Gasteiger partial charge in [0, 0.05) is 25.4 Å². The summed E-state index contributed by atoms with van der Waals surface area (Å²) < 4.78 is 31.0. The third-order valence-electron chi connectivity index (χ3n) is 3.68. The van der Waals surface area contributed by atoms with E-state index < -0.39 is 10.0 Å². The van der Waals surface area contributed by atoms with Gasteiger partial charge in [-0.15, -0.1) is 0 Å². The molecule has 20 heavy (non-hydrogen) atoms. The van der Waals surface area contributed by atoms with Gasteiger partial charge in [0.1, 0.15) is 0 Å². The van der Waals surface area contributed by atoms with Crippen LogP contribution in [0.15, 0.2) is 29.2 Å². The summed E-state index contributed by atoms with van der Waals surface area (Å²) >= 11 is 0. The van der Waals surface area contributed by atoms with Crippen LogP contribution < -0.4 is 15.8 Å². The van der Waals surface area contributed by atoms with E-state index in [4.69, 9.17) is 10.5 Å². The number of nitrogens with one attached hydrogen (secondary N) is 2. The zero-order chi connectivity index (χ0) is 14.6. The Kier molecular flexibility index (Phi) is 4.64. The third-order valence-corrected chi connectivity index (χ3v) is 5.11. The first-order valence-corrected chi connectivity index (χ1v) is 8.09. The maximum atomic E-state index is 11.7. The molecular formula is C13H21N3O3S. The molecule has 0 bridgehead atoms. The first-order valence-electron chi connectivity index (χ1n) is 6.61. The minimum atomic E-state index is -3.39. The van der Waals surface area contributed by atoms with Crippen LogP contribution in [0.2, 0.25) is 0 Å². The van der Waals surface area contributed by atoms with E-state index in [1.165, 1.54) is 7.05 Å². The average Bonchev–Trinajstić information content (AvgIpc) is 2.49. The zero-order valence-corrected chi connectivity index (χ0v) is 12.4. The van der Waals surface area contributed by atoms with Gasteiger partial charge in [0.2, 0.25) is 10.0 Å². The van der Waals surface area contributed by atoms with Gasteiger partial charge < -0.3 is 15.8 Å². The van der Waals surface area contributed by atoms with Crippen molar-refractivity contribution in [1.82, 2.24) is 4.72 Å². The molecule has 6 nitrogen and oxygen atoms in total. The Morgan fingerprint density at radius 3 is 2.35 bits per heavy atom. The SMILES string of the molecule is CNS(=O)(=O)c1ccc(NC2(CN)CCOCC2)cc1. The van der Waals surface area contributed by atoms with Crippen molar-refractivity contribution in [2.75, 3.05) is 32.1 Å². The third kappa shape index (κ3) is 3.29. The van der Waals surface area contributed by atoms with Crippen molar-refractivity contribution in [3.8, 4) is 0 Å². The second-order valence-electron chi connectivity index (χ2n) is 4.95. The Balaban J connectivity index is 2.14. The summed E-state index contributed by atoms with van der Waals surface area (Å²) in [6.07, 6.45) is 1.69.